The molecule has 27 heavy (non-hydrogen) atoms. The van der Waals surface area contributed by atoms with Gasteiger partial charge in [0.05, 0.1) is 5.75 Å². The molecule has 8 heteroatoms. The molecule has 0 aliphatic carbocycles. The SMILES string of the molecule is CCn1c(SCc2nnc(-c3ccccc3)o2)nnc1-c1ccc(Cl)cc1. The monoisotopic (exact) mass is 397 g/mol. The third-order valence-corrected chi connectivity index (χ3v) is 5.15. The van der Waals surface area contributed by atoms with Gasteiger partial charge in [-0.1, -0.05) is 41.6 Å². The van der Waals surface area contributed by atoms with Crippen molar-refractivity contribution in [1.82, 2.24) is 25.0 Å². The van der Waals surface area contributed by atoms with Crippen LogP contribution >= 0.6 is 23.4 Å². The van der Waals surface area contributed by atoms with E-state index in [0.717, 1.165) is 28.7 Å². The van der Waals surface area contributed by atoms with Crippen LogP contribution in [-0.2, 0) is 12.3 Å². The van der Waals surface area contributed by atoms with Crippen molar-refractivity contribution in [3.8, 4) is 22.8 Å². The Morgan fingerprint density at radius 3 is 2.44 bits per heavy atom. The summed E-state index contributed by atoms with van der Waals surface area (Å²) in [7, 11) is 0. The molecule has 4 aromatic rings. The first-order valence-electron chi connectivity index (χ1n) is 8.44. The van der Waals surface area contributed by atoms with Crippen molar-refractivity contribution in [3.63, 3.8) is 0 Å². The standard InChI is InChI=1S/C19H16ClN5OS/c1-2-25-17(13-8-10-15(20)11-9-13)22-24-19(25)27-12-16-21-23-18(26-16)14-6-4-3-5-7-14/h3-11H,2,12H2,1H3. The van der Waals surface area contributed by atoms with Crippen LogP contribution in [0.5, 0.6) is 0 Å². The Morgan fingerprint density at radius 1 is 0.926 bits per heavy atom. The topological polar surface area (TPSA) is 69.6 Å². The van der Waals surface area contributed by atoms with Gasteiger partial charge in [-0.2, -0.15) is 0 Å². The van der Waals surface area contributed by atoms with Crippen LogP contribution in [0.25, 0.3) is 22.8 Å². The predicted molar refractivity (Wildman–Crippen MR) is 105 cm³/mol. The molecule has 0 aliphatic rings. The molecular weight excluding hydrogens is 382 g/mol. The highest BCUT2D eigenvalue weighted by Crippen LogP contribution is 2.27. The fourth-order valence-corrected chi connectivity index (χ4v) is 3.59. The van der Waals surface area contributed by atoms with Gasteiger partial charge >= 0.3 is 0 Å². The van der Waals surface area contributed by atoms with Crippen LogP contribution in [0.15, 0.2) is 64.2 Å². The molecule has 0 unspecified atom stereocenters. The van der Waals surface area contributed by atoms with Crippen molar-refractivity contribution in [2.24, 2.45) is 0 Å². The summed E-state index contributed by atoms with van der Waals surface area (Å²) in [5.74, 6) is 2.41. The van der Waals surface area contributed by atoms with E-state index in [1.165, 1.54) is 11.8 Å². The fourth-order valence-electron chi connectivity index (χ4n) is 2.63. The second-order valence-corrected chi connectivity index (χ2v) is 7.09. The number of aromatic nitrogens is 5. The van der Waals surface area contributed by atoms with Gasteiger partial charge in [-0.25, -0.2) is 0 Å². The lowest BCUT2D eigenvalue weighted by Gasteiger charge is -2.06. The minimum Gasteiger partial charge on any atom is -0.420 e. The molecule has 0 spiro atoms. The molecule has 0 radical (unpaired) electrons. The third kappa shape index (κ3) is 3.89. The van der Waals surface area contributed by atoms with Crippen LogP contribution in [0.1, 0.15) is 12.8 Å². The number of thioether (sulfide) groups is 1. The second kappa shape index (κ2) is 7.94. The van der Waals surface area contributed by atoms with E-state index in [2.05, 4.69) is 31.9 Å². The largest absolute Gasteiger partial charge is 0.420 e. The first kappa shape index (κ1) is 17.8. The van der Waals surface area contributed by atoms with E-state index >= 15 is 0 Å². The summed E-state index contributed by atoms with van der Waals surface area (Å²) < 4.78 is 7.81. The van der Waals surface area contributed by atoms with Crippen molar-refractivity contribution in [2.45, 2.75) is 24.4 Å². The molecule has 4 rings (SSSR count). The van der Waals surface area contributed by atoms with Gasteiger partial charge < -0.3 is 8.98 Å². The van der Waals surface area contributed by atoms with Crippen molar-refractivity contribution in [3.05, 3.63) is 65.5 Å². The molecule has 2 aromatic heterocycles. The zero-order valence-electron chi connectivity index (χ0n) is 14.5. The van der Waals surface area contributed by atoms with Gasteiger partial charge in [0, 0.05) is 22.7 Å². The molecule has 2 heterocycles. The lowest BCUT2D eigenvalue weighted by molar-refractivity contribution is 0.528. The number of benzene rings is 2. The summed E-state index contributed by atoms with van der Waals surface area (Å²) in [6.45, 7) is 2.82. The van der Waals surface area contributed by atoms with Gasteiger partial charge in [-0.05, 0) is 43.3 Å². The molecule has 0 bridgehead atoms. The van der Waals surface area contributed by atoms with Gasteiger partial charge in [0.1, 0.15) is 0 Å². The van der Waals surface area contributed by atoms with Crippen LogP contribution in [0, 0.1) is 0 Å². The quantitative estimate of drug-likeness (QED) is 0.428. The molecule has 2 aromatic carbocycles. The first-order chi connectivity index (χ1) is 13.2. The Morgan fingerprint density at radius 2 is 1.70 bits per heavy atom. The fraction of sp³-hybridized carbons (Fsp3) is 0.158. The molecule has 0 fully saturated rings. The smallest absolute Gasteiger partial charge is 0.247 e. The average Bonchev–Trinajstić information content (AvgIpc) is 3.34. The first-order valence-corrected chi connectivity index (χ1v) is 9.80. The van der Waals surface area contributed by atoms with E-state index in [1.807, 2.05) is 54.6 Å². The summed E-state index contributed by atoms with van der Waals surface area (Å²) in [6.07, 6.45) is 0. The maximum Gasteiger partial charge on any atom is 0.247 e. The van der Waals surface area contributed by atoms with Gasteiger partial charge in [0.2, 0.25) is 11.8 Å². The van der Waals surface area contributed by atoms with Crippen molar-refractivity contribution in [2.75, 3.05) is 0 Å². The van der Waals surface area contributed by atoms with E-state index in [4.69, 9.17) is 16.0 Å². The highest BCUT2D eigenvalue weighted by Gasteiger charge is 2.15. The summed E-state index contributed by atoms with van der Waals surface area (Å²) in [6, 6.07) is 17.3. The van der Waals surface area contributed by atoms with E-state index in [-0.39, 0.29) is 0 Å². The molecule has 0 amide bonds. The minimum atomic E-state index is 0.519. The van der Waals surface area contributed by atoms with Crippen molar-refractivity contribution < 1.29 is 4.42 Å². The zero-order chi connectivity index (χ0) is 18.6. The Bertz CT molecular complexity index is 1030. The molecular formula is C19H16ClN5OS. The molecule has 6 nitrogen and oxygen atoms in total. The van der Waals surface area contributed by atoms with Crippen molar-refractivity contribution >= 4 is 23.4 Å². The Hall–Kier alpha value is -2.64. The normalized spacial score (nSPS) is 11.0. The van der Waals surface area contributed by atoms with Gasteiger partial charge in [-0.15, -0.1) is 20.4 Å². The Labute approximate surface area is 165 Å². The second-order valence-electron chi connectivity index (χ2n) is 5.71. The lowest BCUT2D eigenvalue weighted by atomic mass is 10.2. The van der Waals surface area contributed by atoms with Crippen LogP contribution in [0.4, 0.5) is 0 Å². The third-order valence-electron chi connectivity index (χ3n) is 3.95. The summed E-state index contributed by atoms with van der Waals surface area (Å²) in [5.41, 5.74) is 1.88. The number of hydrogen-bond donors (Lipinski definition) is 0. The van der Waals surface area contributed by atoms with E-state index in [9.17, 15) is 0 Å². The Kier molecular flexibility index (Phi) is 5.22. The van der Waals surface area contributed by atoms with Crippen LogP contribution < -0.4 is 0 Å². The molecule has 0 aliphatic heterocycles. The predicted octanol–water partition coefficient (Wildman–Crippen LogP) is 4.96. The number of nitrogens with zero attached hydrogens (tertiary/aromatic N) is 5. The van der Waals surface area contributed by atoms with Gasteiger partial charge in [-0.3, -0.25) is 0 Å². The van der Waals surface area contributed by atoms with Crippen LogP contribution in [0.3, 0.4) is 0 Å². The van der Waals surface area contributed by atoms with Crippen LogP contribution in [-0.4, -0.2) is 25.0 Å². The Balaban J connectivity index is 1.50. The number of rotatable bonds is 6. The highest BCUT2D eigenvalue weighted by atomic mass is 35.5. The number of halogens is 1. The van der Waals surface area contributed by atoms with E-state index < -0.39 is 0 Å². The highest BCUT2D eigenvalue weighted by molar-refractivity contribution is 7.98. The molecule has 0 atom stereocenters. The van der Waals surface area contributed by atoms with E-state index in [1.54, 1.807) is 0 Å². The maximum atomic E-state index is 5.97. The van der Waals surface area contributed by atoms with Crippen molar-refractivity contribution in [1.29, 1.82) is 0 Å². The minimum absolute atomic E-state index is 0.519. The van der Waals surface area contributed by atoms with Crippen LogP contribution in [0.2, 0.25) is 5.02 Å². The van der Waals surface area contributed by atoms with E-state index in [0.29, 0.717) is 22.6 Å². The zero-order valence-corrected chi connectivity index (χ0v) is 16.1. The van der Waals surface area contributed by atoms with Gasteiger partial charge in [0.15, 0.2) is 11.0 Å². The lowest BCUT2D eigenvalue weighted by Crippen LogP contribution is -1.99. The molecule has 136 valence electrons. The number of hydrogen-bond acceptors (Lipinski definition) is 6. The molecule has 0 saturated heterocycles. The summed E-state index contributed by atoms with van der Waals surface area (Å²) >= 11 is 7.49. The summed E-state index contributed by atoms with van der Waals surface area (Å²) in [5, 5.41) is 18.4. The average molecular weight is 398 g/mol. The summed E-state index contributed by atoms with van der Waals surface area (Å²) in [4.78, 5) is 0. The molecule has 0 saturated carbocycles. The maximum absolute atomic E-state index is 5.97. The molecule has 0 N–H and O–H groups in total. The van der Waals surface area contributed by atoms with Gasteiger partial charge in [0.25, 0.3) is 0 Å².